The Morgan fingerprint density at radius 3 is 2.91 bits per heavy atom. The summed E-state index contributed by atoms with van der Waals surface area (Å²) in [5.74, 6) is -1.39. The first kappa shape index (κ1) is 8.01. The Hall–Kier alpha value is -1.09. The number of carboxylic acid groups (broad SMARTS) is 1. The van der Waals surface area contributed by atoms with E-state index < -0.39 is 11.9 Å². The van der Waals surface area contributed by atoms with Crippen LogP contribution in [0.25, 0.3) is 0 Å². The highest BCUT2D eigenvalue weighted by atomic mass is 32.1. The van der Waals surface area contributed by atoms with Crippen LogP contribution in [0.5, 0.6) is 0 Å². The van der Waals surface area contributed by atoms with Crippen molar-refractivity contribution in [1.82, 2.24) is 0 Å². The van der Waals surface area contributed by atoms with E-state index in [0.717, 1.165) is 4.88 Å². The van der Waals surface area contributed by atoms with Crippen molar-refractivity contribution in [1.29, 1.82) is 0 Å². The highest BCUT2D eigenvalue weighted by Crippen LogP contribution is 2.21. The molecule has 1 heterocycles. The predicted octanol–water partition coefficient (Wildman–Crippen LogP) is 2.10. The molecule has 1 N–H and O–H groups in total. The van der Waals surface area contributed by atoms with Gasteiger partial charge in [-0.3, -0.25) is 4.79 Å². The molecule has 1 aromatic rings. The van der Waals surface area contributed by atoms with Gasteiger partial charge in [0, 0.05) is 4.88 Å². The first-order valence-electron chi connectivity index (χ1n) is 3.14. The molecular weight excluding hydrogens is 160 g/mol. The monoisotopic (exact) mass is 168 g/mol. The van der Waals surface area contributed by atoms with Gasteiger partial charge in [-0.05, 0) is 11.4 Å². The zero-order valence-corrected chi connectivity index (χ0v) is 6.67. The average molecular weight is 168 g/mol. The smallest absolute Gasteiger partial charge is 0.315 e. The van der Waals surface area contributed by atoms with Gasteiger partial charge in [0.15, 0.2) is 0 Å². The van der Waals surface area contributed by atoms with Crippen LogP contribution in [0, 0.1) is 0 Å². The highest BCUT2D eigenvalue weighted by molar-refractivity contribution is 7.10. The minimum atomic E-state index is -0.845. The van der Waals surface area contributed by atoms with Crippen molar-refractivity contribution >= 4 is 17.3 Å². The molecule has 1 rings (SSSR count). The van der Waals surface area contributed by atoms with Crippen molar-refractivity contribution in [3.8, 4) is 0 Å². The minimum absolute atomic E-state index is 0.546. The van der Waals surface area contributed by atoms with Gasteiger partial charge in [-0.1, -0.05) is 12.1 Å². The summed E-state index contributed by atoms with van der Waals surface area (Å²) in [6.45, 7) is 3.46. The maximum atomic E-state index is 10.6. The van der Waals surface area contributed by atoms with Gasteiger partial charge in [-0.15, -0.1) is 17.9 Å². The van der Waals surface area contributed by atoms with Gasteiger partial charge in [0.2, 0.25) is 0 Å². The third kappa shape index (κ3) is 1.68. The number of hydrogen-bond donors (Lipinski definition) is 1. The summed E-state index contributed by atoms with van der Waals surface area (Å²) in [4.78, 5) is 11.4. The Morgan fingerprint density at radius 2 is 2.55 bits per heavy atom. The molecule has 0 amide bonds. The molecule has 11 heavy (non-hydrogen) atoms. The summed E-state index contributed by atoms with van der Waals surface area (Å²) < 4.78 is 0. The number of rotatable bonds is 3. The van der Waals surface area contributed by atoms with Crippen LogP contribution in [0.2, 0.25) is 0 Å². The van der Waals surface area contributed by atoms with E-state index in [1.165, 1.54) is 17.4 Å². The lowest BCUT2D eigenvalue weighted by Gasteiger charge is -2.01. The average Bonchev–Trinajstić information content (AvgIpc) is 2.40. The Labute approximate surface area is 68.8 Å². The number of carboxylic acids is 1. The molecule has 0 bridgehead atoms. The first-order valence-corrected chi connectivity index (χ1v) is 4.02. The highest BCUT2D eigenvalue weighted by Gasteiger charge is 2.15. The van der Waals surface area contributed by atoms with Crippen molar-refractivity contribution in [2.45, 2.75) is 5.92 Å². The second kappa shape index (κ2) is 3.34. The number of aliphatic carboxylic acids is 1. The fraction of sp³-hybridized carbons (Fsp3) is 0.125. The Bertz CT molecular complexity index is 251. The van der Waals surface area contributed by atoms with E-state index in [-0.39, 0.29) is 0 Å². The fourth-order valence-corrected chi connectivity index (χ4v) is 1.62. The molecule has 0 aliphatic heterocycles. The molecule has 1 aromatic heterocycles. The molecule has 58 valence electrons. The van der Waals surface area contributed by atoms with Gasteiger partial charge in [0.25, 0.3) is 0 Å². The van der Waals surface area contributed by atoms with Crippen LogP contribution >= 0.6 is 11.3 Å². The molecule has 1 unspecified atom stereocenters. The van der Waals surface area contributed by atoms with Crippen molar-refractivity contribution < 1.29 is 9.90 Å². The van der Waals surface area contributed by atoms with Crippen LogP contribution in [-0.2, 0) is 4.79 Å². The normalized spacial score (nSPS) is 12.4. The standard InChI is InChI=1S/C8H8O2S/c1-2-6(8(9)10)7-4-3-5-11-7/h2-6H,1H2,(H,9,10). The van der Waals surface area contributed by atoms with Crippen LogP contribution < -0.4 is 0 Å². The molecule has 0 aliphatic carbocycles. The topological polar surface area (TPSA) is 37.3 Å². The Kier molecular flexibility index (Phi) is 2.44. The van der Waals surface area contributed by atoms with Gasteiger partial charge < -0.3 is 5.11 Å². The van der Waals surface area contributed by atoms with E-state index in [4.69, 9.17) is 5.11 Å². The van der Waals surface area contributed by atoms with Crippen molar-refractivity contribution in [2.24, 2.45) is 0 Å². The molecule has 0 spiro atoms. The van der Waals surface area contributed by atoms with Gasteiger partial charge >= 0.3 is 5.97 Å². The van der Waals surface area contributed by atoms with Crippen LogP contribution in [0.4, 0.5) is 0 Å². The van der Waals surface area contributed by atoms with E-state index in [1.54, 1.807) is 6.07 Å². The Morgan fingerprint density at radius 1 is 1.82 bits per heavy atom. The zero-order valence-electron chi connectivity index (χ0n) is 5.86. The van der Waals surface area contributed by atoms with Crippen molar-refractivity contribution in [3.05, 3.63) is 35.0 Å². The van der Waals surface area contributed by atoms with Crippen LogP contribution in [0.1, 0.15) is 10.8 Å². The molecule has 0 saturated carbocycles. The summed E-state index contributed by atoms with van der Waals surface area (Å²) in [6, 6.07) is 3.63. The predicted molar refractivity (Wildman–Crippen MR) is 44.9 cm³/mol. The maximum absolute atomic E-state index is 10.6. The van der Waals surface area contributed by atoms with E-state index in [2.05, 4.69) is 6.58 Å². The largest absolute Gasteiger partial charge is 0.481 e. The van der Waals surface area contributed by atoms with E-state index in [9.17, 15) is 4.79 Å². The quantitative estimate of drug-likeness (QED) is 0.702. The number of hydrogen-bond acceptors (Lipinski definition) is 2. The SMILES string of the molecule is C=CC(C(=O)O)c1cccs1. The van der Waals surface area contributed by atoms with Crippen LogP contribution in [-0.4, -0.2) is 11.1 Å². The molecule has 0 aromatic carbocycles. The van der Waals surface area contributed by atoms with E-state index in [0.29, 0.717) is 0 Å². The van der Waals surface area contributed by atoms with Crippen molar-refractivity contribution in [2.75, 3.05) is 0 Å². The van der Waals surface area contributed by atoms with E-state index >= 15 is 0 Å². The summed E-state index contributed by atoms with van der Waals surface area (Å²) in [6.07, 6.45) is 1.44. The lowest BCUT2D eigenvalue weighted by Crippen LogP contribution is -2.06. The third-order valence-electron chi connectivity index (χ3n) is 1.35. The number of carbonyl (C=O) groups is 1. The molecule has 0 fully saturated rings. The van der Waals surface area contributed by atoms with Crippen LogP contribution in [0.15, 0.2) is 30.2 Å². The number of thiophene rings is 1. The second-order valence-corrected chi connectivity index (χ2v) is 3.05. The lowest BCUT2D eigenvalue weighted by atomic mass is 10.1. The van der Waals surface area contributed by atoms with E-state index in [1.807, 2.05) is 11.4 Å². The minimum Gasteiger partial charge on any atom is -0.481 e. The fourth-order valence-electron chi connectivity index (χ4n) is 0.807. The molecule has 0 radical (unpaired) electrons. The lowest BCUT2D eigenvalue weighted by molar-refractivity contribution is -0.137. The first-order chi connectivity index (χ1) is 5.25. The van der Waals surface area contributed by atoms with Gasteiger partial charge in [-0.25, -0.2) is 0 Å². The molecule has 0 saturated heterocycles. The van der Waals surface area contributed by atoms with Crippen molar-refractivity contribution in [3.63, 3.8) is 0 Å². The third-order valence-corrected chi connectivity index (χ3v) is 2.31. The Balaban J connectivity index is 2.88. The molecule has 2 nitrogen and oxygen atoms in total. The summed E-state index contributed by atoms with van der Waals surface area (Å²) >= 11 is 1.43. The van der Waals surface area contributed by atoms with Gasteiger partial charge in [0.1, 0.15) is 5.92 Å². The molecule has 0 aliphatic rings. The molecular formula is C8H8O2S. The summed E-state index contributed by atoms with van der Waals surface area (Å²) in [5.41, 5.74) is 0. The molecule has 1 atom stereocenters. The van der Waals surface area contributed by atoms with Crippen LogP contribution in [0.3, 0.4) is 0 Å². The summed E-state index contributed by atoms with van der Waals surface area (Å²) in [5, 5.41) is 10.5. The second-order valence-electron chi connectivity index (χ2n) is 2.07. The molecule has 3 heteroatoms. The maximum Gasteiger partial charge on any atom is 0.315 e. The summed E-state index contributed by atoms with van der Waals surface area (Å²) in [7, 11) is 0. The zero-order chi connectivity index (χ0) is 8.27. The van der Waals surface area contributed by atoms with Gasteiger partial charge in [-0.2, -0.15) is 0 Å². The van der Waals surface area contributed by atoms with Gasteiger partial charge in [0.05, 0.1) is 0 Å².